The molecule has 20 heavy (non-hydrogen) atoms. The van der Waals surface area contributed by atoms with Gasteiger partial charge in [0.05, 0.1) is 5.69 Å². The van der Waals surface area contributed by atoms with Gasteiger partial charge in [-0.15, -0.1) is 11.3 Å². The molecule has 3 nitrogen and oxygen atoms in total. The summed E-state index contributed by atoms with van der Waals surface area (Å²) in [5.41, 5.74) is 8.40. The molecule has 3 rings (SSSR count). The summed E-state index contributed by atoms with van der Waals surface area (Å²) in [6.07, 6.45) is 2.19. The number of likely N-dealkylation sites (tertiary alicyclic amines) is 1. The van der Waals surface area contributed by atoms with Gasteiger partial charge in [0.1, 0.15) is 5.01 Å². The molecule has 0 bridgehead atoms. The lowest BCUT2D eigenvalue weighted by molar-refractivity contribution is 0.138. The van der Waals surface area contributed by atoms with Crippen LogP contribution >= 0.6 is 11.3 Å². The third-order valence-electron chi connectivity index (χ3n) is 3.99. The van der Waals surface area contributed by atoms with E-state index in [4.69, 9.17) is 10.7 Å². The van der Waals surface area contributed by atoms with E-state index in [9.17, 15) is 0 Å². The lowest BCUT2D eigenvalue weighted by Crippen LogP contribution is -2.45. The highest BCUT2D eigenvalue weighted by atomic mass is 32.1. The van der Waals surface area contributed by atoms with E-state index in [0.717, 1.165) is 30.9 Å². The second-order valence-electron chi connectivity index (χ2n) is 5.61. The first-order chi connectivity index (χ1) is 9.72. The van der Waals surface area contributed by atoms with Crippen LogP contribution in [0.3, 0.4) is 0 Å². The Balaban J connectivity index is 1.69. The SMILES string of the molecule is CC1CC(N)CCN1Cc1csc(-c2ccccc2)n1. The van der Waals surface area contributed by atoms with Crippen LogP contribution in [0.25, 0.3) is 10.6 Å². The van der Waals surface area contributed by atoms with E-state index in [1.54, 1.807) is 11.3 Å². The molecule has 1 aliphatic heterocycles. The molecule has 0 radical (unpaired) electrons. The van der Waals surface area contributed by atoms with Crippen molar-refractivity contribution in [1.29, 1.82) is 0 Å². The number of benzene rings is 1. The molecule has 2 aromatic rings. The van der Waals surface area contributed by atoms with Crippen molar-refractivity contribution in [2.75, 3.05) is 6.54 Å². The highest BCUT2D eigenvalue weighted by Crippen LogP contribution is 2.25. The molecular formula is C16H21N3S. The lowest BCUT2D eigenvalue weighted by Gasteiger charge is -2.35. The van der Waals surface area contributed by atoms with E-state index in [1.807, 2.05) is 6.07 Å². The number of thiazole rings is 1. The number of rotatable bonds is 3. The van der Waals surface area contributed by atoms with Gasteiger partial charge in [0.15, 0.2) is 0 Å². The fourth-order valence-corrected chi connectivity index (χ4v) is 3.61. The quantitative estimate of drug-likeness (QED) is 0.943. The molecule has 4 heteroatoms. The molecular weight excluding hydrogens is 266 g/mol. The fraction of sp³-hybridized carbons (Fsp3) is 0.438. The zero-order chi connectivity index (χ0) is 13.9. The standard InChI is InChI=1S/C16H21N3S/c1-12-9-14(17)7-8-19(12)10-15-11-20-16(18-15)13-5-3-2-4-6-13/h2-6,11-12,14H,7-10,17H2,1H3. The van der Waals surface area contributed by atoms with Gasteiger partial charge < -0.3 is 5.73 Å². The molecule has 1 aromatic heterocycles. The van der Waals surface area contributed by atoms with Crippen molar-refractivity contribution in [2.24, 2.45) is 5.73 Å². The van der Waals surface area contributed by atoms with Crippen LogP contribution in [0.4, 0.5) is 0 Å². The van der Waals surface area contributed by atoms with Gasteiger partial charge in [-0.05, 0) is 19.8 Å². The molecule has 1 saturated heterocycles. The van der Waals surface area contributed by atoms with Crippen molar-refractivity contribution in [3.8, 4) is 10.6 Å². The molecule has 1 aliphatic rings. The van der Waals surface area contributed by atoms with E-state index in [1.165, 1.54) is 11.3 Å². The van der Waals surface area contributed by atoms with Crippen LogP contribution in [0.1, 0.15) is 25.5 Å². The minimum atomic E-state index is 0.372. The van der Waals surface area contributed by atoms with Gasteiger partial charge in [-0.25, -0.2) is 4.98 Å². The second-order valence-corrected chi connectivity index (χ2v) is 6.47. The largest absolute Gasteiger partial charge is 0.328 e. The summed E-state index contributed by atoms with van der Waals surface area (Å²) in [6, 6.07) is 11.3. The molecule has 1 aromatic carbocycles. The minimum absolute atomic E-state index is 0.372. The molecule has 0 saturated carbocycles. The number of nitrogens with zero attached hydrogens (tertiary/aromatic N) is 2. The van der Waals surface area contributed by atoms with E-state index >= 15 is 0 Å². The van der Waals surface area contributed by atoms with Crippen LogP contribution < -0.4 is 5.73 Å². The molecule has 2 N–H and O–H groups in total. The first-order valence-corrected chi connectivity index (χ1v) is 8.10. The summed E-state index contributed by atoms with van der Waals surface area (Å²) in [5.74, 6) is 0. The third kappa shape index (κ3) is 3.08. The van der Waals surface area contributed by atoms with E-state index in [-0.39, 0.29) is 0 Å². The number of nitrogens with two attached hydrogens (primary N) is 1. The number of piperidine rings is 1. The van der Waals surface area contributed by atoms with Gasteiger partial charge in [0, 0.05) is 36.1 Å². The fourth-order valence-electron chi connectivity index (χ4n) is 2.79. The molecule has 0 spiro atoms. The van der Waals surface area contributed by atoms with Gasteiger partial charge >= 0.3 is 0 Å². The van der Waals surface area contributed by atoms with Crippen LogP contribution in [-0.2, 0) is 6.54 Å². The Morgan fingerprint density at radius 1 is 1.35 bits per heavy atom. The predicted octanol–water partition coefficient (Wildman–Crippen LogP) is 3.12. The average molecular weight is 287 g/mol. The topological polar surface area (TPSA) is 42.1 Å². The summed E-state index contributed by atoms with van der Waals surface area (Å²) >= 11 is 1.73. The number of hydrogen-bond acceptors (Lipinski definition) is 4. The lowest BCUT2D eigenvalue weighted by atomic mass is 9.99. The zero-order valence-electron chi connectivity index (χ0n) is 11.8. The van der Waals surface area contributed by atoms with Crippen LogP contribution in [0.15, 0.2) is 35.7 Å². The van der Waals surface area contributed by atoms with Crippen molar-refractivity contribution in [2.45, 2.75) is 38.4 Å². The van der Waals surface area contributed by atoms with E-state index < -0.39 is 0 Å². The van der Waals surface area contributed by atoms with Gasteiger partial charge in [0.25, 0.3) is 0 Å². The normalized spacial score (nSPS) is 23.9. The molecule has 2 atom stereocenters. The Kier molecular flexibility index (Phi) is 4.15. The summed E-state index contributed by atoms with van der Waals surface area (Å²) < 4.78 is 0. The Labute approximate surface area is 124 Å². The van der Waals surface area contributed by atoms with Crippen molar-refractivity contribution in [3.63, 3.8) is 0 Å². The highest BCUT2D eigenvalue weighted by molar-refractivity contribution is 7.13. The summed E-state index contributed by atoms with van der Waals surface area (Å²) in [7, 11) is 0. The summed E-state index contributed by atoms with van der Waals surface area (Å²) in [4.78, 5) is 7.27. The van der Waals surface area contributed by atoms with E-state index in [0.29, 0.717) is 12.1 Å². The Morgan fingerprint density at radius 3 is 2.90 bits per heavy atom. The number of hydrogen-bond donors (Lipinski definition) is 1. The highest BCUT2D eigenvalue weighted by Gasteiger charge is 2.23. The first kappa shape index (κ1) is 13.7. The van der Waals surface area contributed by atoms with Crippen LogP contribution in [0.2, 0.25) is 0 Å². The monoisotopic (exact) mass is 287 g/mol. The van der Waals surface area contributed by atoms with Crippen molar-refractivity contribution < 1.29 is 0 Å². The smallest absolute Gasteiger partial charge is 0.123 e. The molecule has 106 valence electrons. The van der Waals surface area contributed by atoms with Gasteiger partial charge in [-0.2, -0.15) is 0 Å². The Hall–Kier alpha value is -1.23. The van der Waals surface area contributed by atoms with Crippen molar-refractivity contribution in [3.05, 3.63) is 41.4 Å². The average Bonchev–Trinajstić information content (AvgIpc) is 2.92. The molecule has 0 aliphatic carbocycles. The first-order valence-electron chi connectivity index (χ1n) is 7.22. The molecule has 2 unspecified atom stereocenters. The molecule has 1 fully saturated rings. The van der Waals surface area contributed by atoms with Crippen LogP contribution in [0.5, 0.6) is 0 Å². The van der Waals surface area contributed by atoms with Crippen molar-refractivity contribution >= 4 is 11.3 Å². The minimum Gasteiger partial charge on any atom is -0.328 e. The summed E-state index contributed by atoms with van der Waals surface area (Å²) in [5, 5.41) is 3.30. The third-order valence-corrected chi connectivity index (χ3v) is 4.93. The maximum absolute atomic E-state index is 6.02. The zero-order valence-corrected chi connectivity index (χ0v) is 12.6. The predicted molar refractivity (Wildman–Crippen MR) is 84.6 cm³/mol. The van der Waals surface area contributed by atoms with Gasteiger partial charge in [-0.3, -0.25) is 4.90 Å². The van der Waals surface area contributed by atoms with Crippen LogP contribution in [0, 0.1) is 0 Å². The summed E-state index contributed by atoms with van der Waals surface area (Å²) in [6.45, 7) is 4.29. The Morgan fingerprint density at radius 2 is 2.15 bits per heavy atom. The molecule has 2 heterocycles. The van der Waals surface area contributed by atoms with E-state index in [2.05, 4.69) is 41.5 Å². The number of aromatic nitrogens is 1. The maximum Gasteiger partial charge on any atom is 0.123 e. The second kappa shape index (κ2) is 6.04. The maximum atomic E-state index is 6.02. The molecule has 0 amide bonds. The van der Waals surface area contributed by atoms with Crippen LogP contribution in [-0.4, -0.2) is 28.5 Å². The van der Waals surface area contributed by atoms with Gasteiger partial charge in [-0.1, -0.05) is 30.3 Å². The van der Waals surface area contributed by atoms with Gasteiger partial charge in [0.2, 0.25) is 0 Å². The van der Waals surface area contributed by atoms with Crippen molar-refractivity contribution in [1.82, 2.24) is 9.88 Å². The Bertz CT molecular complexity index is 552.